The van der Waals surface area contributed by atoms with Gasteiger partial charge in [-0.15, -0.1) is 0 Å². The SMILES string of the molecule is CS(=O)(=O)NC(=O)c1ccc(-n2cccc2)cc1. The molecule has 2 rings (SSSR count). The van der Waals surface area contributed by atoms with Crippen molar-refractivity contribution in [2.45, 2.75) is 0 Å². The molecule has 0 fully saturated rings. The Morgan fingerprint density at radius 1 is 1.11 bits per heavy atom. The molecule has 2 aromatic rings. The molecule has 18 heavy (non-hydrogen) atoms. The molecule has 1 aromatic carbocycles. The van der Waals surface area contributed by atoms with Gasteiger partial charge in [0.25, 0.3) is 5.91 Å². The van der Waals surface area contributed by atoms with Crippen LogP contribution in [0.2, 0.25) is 0 Å². The van der Waals surface area contributed by atoms with Crippen LogP contribution in [-0.2, 0) is 10.0 Å². The first-order chi connectivity index (χ1) is 8.46. The summed E-state index contributed by atoms with van der Waals surface area (Å²) in [6, 6.07) is 10.4. The van der Waals surface area contributed by atoms with E-state index in [0.717, 1.165) is 11.9 Å². The summed E-state index contributed by atoms with van der Waals surface area (Å²) in [4.78, 5) is 11.6. The standard InChI is InChI=1S/C12H12N2O3S/c1-18(16,17)13-12(15)10-4-6-11(7-5-10)14-8-2-3-9-14/h2-9H,1H3,(H,13,15). The first-order valence-electron chi connectivity index (χ1n) is 5.21. The largest absolute Gasteiger partial charge is 0.324 e. The first-order valence-corrected chi connectivity index (χ1v) is 7.10. The topological polar surface area (TPSA) is 68.2 Å². The Morgan fingerprint density at radius 3 is 2.17 bits per heavy atom. The van der Waals surface area contributed by atoms with Crippen molar-refractivity contribution in [3.05, 3.63) is 54.4 Å². The minimum atomic E-state index is -3.53. The summed E-state index contributed by atoms with van der Waals surface area (Å²) >= 11 is 0. The Kier molecular flexibility index (Phi) is 3.20. The van der Waals surface area contributed by atoms with E-state index in [1.54, 1.807) is 24.3 Å². The van der Waals surface area contributed by atoms with Crippen LogP contribution in [0.3, 0.4) is 0 Å². The van der Waals surface area contributed by atoms with Gasteiger partial charge in [-0.1, -0.05) is 0 Å². The summed E-state index contributed by atoms with van der Waals surface area (Å²) in [5, 5.41) is 0. The summed E-state index contributed by atoms with van der Waals surface area (Å²) in [6.45, 7) is 0. The van der Waals surface area contributed by atoms with Crippen LogP contribution in [0.5, 0.6) is 0 Å². The second kappa shape index (κ2) is 4.66. The van der Waals surface area contributed by atoms with E-state index < -0.39 is 15.9 Å². The van der Waals surface area contributed by atoms with Crippen LogP contribution in [0.25, 0.3) is 5.69 Å². The molecule has 1 amide bonds. The highest BCUT2D eigenvalue weighted by molar-refractivity contribution is 7.89. The zero-order chi connectivity index (χ0) is 13.2. The molecule has 0 radical (unpaired) electrons. The fourth-order valence-electron chi connectivity index (χ4n) is 1.52. The summed E-state index contributed by atoms with van der Waals surface area (Å²) in [6.07, 6.45) is 4.70. The predicted molar refractivity (Wildman–Crippen MR) is 68.1 cm³/mol. The first kappa shape index (κ1) is 12.4. The van der Waals surface area contributed by atoms with Crippen LogP contribution >= 0.6 is 0 Å². The normalized spacial score (nSPS) is 11.2. The van der Waals surface area contributed by atoms with E-state index in [1.807, 2.05) is 33.8 Å². The molecule has 0 bridgehead atoms. The van der Waals surface area contributed by atoms with Gasteiger partial charge in [-0.05, 0) is 36.4 Å². The van der Waals surface area contributed by atoms with E-state index in [9.17, 15) is 13.2 Å². The quantitative estimate of drug-likeness (QED) is 0.904. The third-order valence-corrected chi connectivity index (χ3v) is 2.87. The third kappa shape index (κ3) is 2.98. The van der Waals surface area contributed by atoms with Crippen LogP contribution in [0.15, 0.2) is 48.8 Å². The predicted octanol–water partition coefficient (Wildman–Crippen LogP) is 1.17. The monoisotopic (exact) mass is 264 g/mol. The maximum atomic E-state index is 11.6. The molecule has 94 valence electrons. The Morgan fingerprint density at radius 2 is 1.67 bits per heavy atom. The Hall–Kier alpha value is -2.08. The average molecular weight is 264 g/mol. The average Bonchev–Trinajstić information content (AvgIpc) is 2.80. The van der Waals surface area contributed by atoms with E-state index in [2.05, 4.69) is 0 Å². The van der Waals surface area contributed by atoms with E-state index in [0.29, 0.717) is 5.56 Å². The fourth-order valence-corrected chi connectivity index (χ4v) is 1.97. The lowest BCUT2D eigenvalue weighted by atomic mass is 10.2. The van der Waals surface area contributed by atoms with Crippen LogP contribution in [0.4, 0.5) is 0 Å². The van der Waals surface area contributed by atoms with Gasteiger partial charge >= 0.3 is 0 Å². The Balaban J connectivity index is 2.20. The van der Waals surface area contributed by atoms with Crippen molar-refractivity contribution in [1.29, 1.82) is 0 Å². The number of hydrogen-bond donors (Lipinski definition) is 1. The van der Waals surface area contributed by atoms with E-state index in [4.69, 9.17) is 0 Å². The number of nitrogens with one attached hydrogen (secondary N) is 1. The van der Waals surface area contributed by atoms with E-state index in [-0.39, 0.29) is 0 Å². The van der Waals surface area contributed by atoms with Crippen LogP contribution < -0.4 is 4.72 Å². The van der Waals surface area contributed by atoms with Crippen molar-refractivity contribution < 1.29 is 13.2 Å². The maximum absolute atomic E-state index is 11.6. The molecule has 0 atom stereocenters. The van der Waals surface area contributed by atoms with Crippen molar-refractivity contribution in [2.75, 3.05) is 6.26 Å². The molecule has 1 heterocycles. The summed E-state index contributed by atoms with van der Waals surface area (Å²) in [5.41, 5.74) is 1.20. The second-order valence-electron chi connectivity index (χ2n) is 3.84. The molecule has 5 nitrogen and oxygen atoms in total. The summed E-state index contributed by atoms with van der Waals surface area (Å²) < 4.78 is 25.7. The maximum Gasteiger partial charge on any atom is 0.264 e. The smallest absolute Gasteiger partial charge is 0.264 e. The lowest BCUT2D eigenvalue weighted by Crippen LogP contribution is -2.29. The molecule has 0 aliphatic rings. The number of nitrogens with zero attached hydrogens (tertiary/aromatic N) is 1. The van der Waals surface area contributed by atoms with Gasteiger partial charge in [0.1, 0.15) is 0 Å². The molecule has 0 saturated heterocycles. The van der Waals surface area contributed by atoms with Gasteiger partial charge in [0.2, 0.25) is 10.0 Å². The Labute approximate surface area is 105 Å². The van der Waals surface area contributed by atoms with Crippen LogP contribution in [0, 0.1) is 0 Å². The fraction of sp³-hybridized carbons (Fsp3) is 0.0833. The molecule has 0 aliphatic carbocycles. The highest BCUT2D eigenvalue weighted by Crippen LogP contribution is 2.10. The zero-order valence-electron chi connectivity index (χ0n) is 9.70. The second-order valence-corrected chi connectivity index (χ2v) is 5.59. The van der Waals surface area contributed by atoms with E-state index >= 15 is 0 Å². The third-order valence-electron chi connectivity index (χ3n) is 2.31. The molecule has 0 spiro atoms. The number of rotatable bonds is 3. The van der Waals surface area contributed by atoms with Crippen molar-refractivity contribution in [2.24, 2.45) is 0 Å². The van der Waals surface area contributed by atoms with Gasteiger partial charge in [-0.3, -0.25) is 4.79 Å². The number of aromatic nitrogens is 1. The number of benzene rings is 1. The van der Waals surface area contributed by atoms with Crippen molar-refractivity contribution in [3.8, 4) is 5.69 Å². The van der Waals surface area contributed by atoms with Crippen molar-refractivity contribution >= 4 is 15.9 Å². The lowest BCUT2D eigenvalue weighted by molar-refractivity contribution is 0.0981. The number of amides is 1. The lowest BCUT2D eigenvalue weighted by Gasteiger charge is -2.05. The molecule has 1 N–H and O–H groups in total. The molecular weight excluding hydrogens is 252 g/mol. The zero-order valence-corrected chi connectivity index (χ0v) is 10.5. The van der Waals surface area contributed by atoms with Crippen LogP contribution in [0.1, 0.15) is 10.4 Å². The molecule has 1 aromatic heterocycles. The van der Waals surface area contributed by atoms with Crippen molar-refractivity contribution in [1.82, 2.24) is 9.29 Å². The van der Waals surface area contributed by atoms with Gasteiger partial charge in [0.15, 0.2) is 0 Å². The molecular formula is C12H12N2O3S. The summed E-state index contributed by atoms with van der Waals surface area (Å²) in [5.74, 6) is -0.628. The van der Waals surface area contributed by atoms with Gasteiger partial charge in [-0.25, -0.2) is 13.1 Å². The van der Waals surface area contributed by atoms with E-state index in [1.165, 1.54) is 0 Å². The highest BCUT2D eigenvalue weighted by Gasteiger charge is 2.10. The van der Waals surface area contributed by atoms with Crippen LogP contribution in [-0.4, -0.2) is 25.1 Å². The number of sulfonamides is 1. The number of carbonyl (C=O) groups excluding carboxylic acids is 1. The number of carbonyl (C=O) groups is 1. The van der Waals surface area contributed by atoms with Crippen molar-refractivity contribution in [3.63, 3.8) is 0 Å². The minimum Gasteiger partial charge on any atom is -0.324 e. The number of hydrogen-bond acceptors (Lipinski definition) is 3. The van der Waals surface area contributed by atoms with Gasteiger partial charge in [-0.2, -0.15) is 0 Å². The van der Waals surface area contributed by atoms with Gasteiger partial charge in [0.05, 0.1) is 6.26 Å². The minimum absolute atomic E-state index is 0.302. The molecule has 0 saturated carbocycles. The Bertz CT molecular complexity index is 643. The molecule has 0 aliphatic heterocycles. The van der Waals surface area contributed by atoms with Gasteiger partial charge in [0, 0.05) is 23.6 Å². The summed E-state index contributed by atoms with van der Waals surface area (Å²) in [7, 11) is -3.53. The molecule has 0 unspecified atom stereocenters. The van der Waals surface area contributed by atoms with Gasteiger partial charge < -0.3 is 4.57 Å². The highest BCUT2D eigenvalue weighted by atomic mass is 32.2. The molecule has 6 heteroatoms.